The van der Waals surface area contributed by atoms with Crippen LogP contribution in [0.1, 0.15) is 0 Å². The minimum atomic E-state index is -0.500. The van der Waals surface area contributed by atoms with Gasteiger partial charge in [0.1, 0.15) is 12.7 Å². The van der Waals surface area contributed by atoms with Crippen molar-refractivity contribution in [3.05, 3.63) is 12.7 Å². The molecule has 0 aliphatic carbocycles. The smallest absolute Gasteiger partial charge is 0.299 e. The number of hydrogen-bond donors (Lipinski definition) is 1. The Hall–Kier alpha value is -1.04. The Morgan fingerprint density at radius 2 is 2.56 bits per heavy atom. The molecule has 0 bridgehead atoms. The lowest BCUT2D eigenvalue weighted by Gasteiger charge is -1.88. The van der Waals surface area contributed by atoms with Crippen molar-refractivity contribution in [1.82, 2.24) is 14.2 Å². The molecule has 1 heterocycles. The number of amides is 1. The van der Waals surface area contributed by atoms with E-state index < -0.39 is 5.24 Å². The van der Waals surface area contributed by atoms with Crippen LogP contribution in [0.25, 0.3) is 0 Å². The number of rotatable bonds is 1. The number of nitrogens with two attached hydrogens (primary N) is 1. The third kappa shape index (κ3) is 1.73. The molecule has 0 radical (unpaired) electrons. The lowest BCUT2D eigenvalue weighted by atomic mass is 11.3. The van der Waals surface area contributed by atoms with E-state index in [1.165, 1.54) is 16.7 Å². The quantitative estimate of drug-likeness (QED) is 0.595. The number of carbonyl (C=O) groups is 1. The van der Waals surface area contributed by atoms with Crippen molar-refractivity contribution in [2.75, 3.05) is 0 Å². The van der Waals surface area contributed by atoms with Gasteiger partial charge in [-0.15, -0.1) is 5.10 Å². The maximum atomic E-state index is 10.2. The Balaban J connectivity index is 2.58. The molecule has 5 nitrogen and oxygen atoms in total. The highest BCUT2D eigenvalue weighted by atomic mass is 32.2. The van der Waals surface area contributed by atoms with Gasteiger partial charge in [-0.1, -0.05) is 0 Å². The summed E-state index contributed by atoms with van der Waals surface area (Å²) in [5.74, 6) is 0. The molecule has 1 aromatic heterocycles. The lowest BCUT2D eigenvalue weighted by molar-refractivity contribution is 0.267. The summed E-state index contributed by atoms with van der Waals surface area (Å²) in [6.45, 7) is 0. The van der Waals surface area contributed by atoms with E-state index in [2.05, 4.69) is 10.1 Å². The zero-order valence-corrected chi connectivity index (χ0v) is 5.21. The third-order valence-electron chi connectivity index (χ3n) is 0.581. The van der Waals surface area contributed by atoms with Crippen molar-refractivity contribution in [3.63, 3.8) is 0 Å². The van der Waals surface area contributed by atoms with Gasteiger partial charge in [0, 0.05) is 0 Å². The van der Waals surface area contributed by atoms with E-state index in [1.54, 1.807) is 0 Å². The highest BCUT2D eigenvalue weighted by molar-refractivity contribution is 8.12. The molecule has 0 aromatic carbocycles. The predicted octanol–water partition coefficient (Wildman–Crippen LogP) is -0.147. The number of hydrogen-bond acceptors (Lipinski definition) is 4. The minimum absolute atomic E-state index is 0.500. The molecule has 0 spiro atoms. The second kappa shape index (κ2) is 2.49. The van der Waals surface area contributed by atoms with E-state index in [1.807, 2.05) is 0 Å². The molecule has 0 fully saturated rings. The molecule has 2 N–H and O–H groups in total. The number of carbonyl (C=O) groups excluding carboxylic acids is 1. The van der Waals surface area contributed by atoms with Crippen LogP contribution in [-0.4, -0.2) is 19.4 Å². The Morgan fingerprint density at radius 1 is 1.78 bits per heavy atom. The molecule has 48 valence electrons. The van der Waals surface area contributed by atoms with Crippen molar-refractivity contribution in [2.24, 2.45) is 5.73 Å². The summed E-state index contributed by atoms with van der Waals surface area (Å²) in [5, 5.41) is 3.12. The lowest BCUT2D eigenvalue weighted by Crippen LogP contribution is -2.05. The average molecular weight is 144 g/mol. The fourth-order valence-corrected chi connectivity index (χ4v) is 0.712. The first-order valence-corrected chi connectivity index (χ1v) is 2.89. The molecule has 9 heavy (non-hydrogen) atoms. The van der Waals surface area contributed by atoms with E-state index in [-0.39, 0.29) is 0 Å². The van der Waals surface area contributed by atoms with E-state index in [0.29, 0.717) is 0 Å². The van der Waals surface area contributed by atoms with Gasteiger partial charge in [-0.05, 0) is 0 Å². The Bertz CT molecular complexity index is 196. The molecular formula is C3H4N4OS. The predicted molar refractivity (Wildman–Crippen MR) is 32.6 cm³/mol. The summed E-state index contributed by atoms with van der Waals surface area (Å²) < 4.78 is 1.28. The van der Waals surface area contributed by atoms with Gasteiger partial charge >= 0.3 is 0 Å². The maximum Gasteiger partial charge on any atom is 0.299 e. The van der Waals surface area contributed by atoms with Crippen LogP contribution in [0.4, 0.5) is 4.79 Å². The van der Waals surface area contributed by atoms with Crippen LogP contribution < -0.4 is 5.73 Å². The summed E-state index contributed by atoms with van der Waals surface area (Å²) in [6.07, 6.45) is 2.73. The van der Waals surface area contributed by atoms with Gasteiger partial charge in [0.05, 0.1) is 11.9 Å². The highest BCUT2D eigenvalue weighted by Gasteiger charge is 1.95. The molecule has 0 atom stereocenters. The Labute approximate surface area is 55.4 Å². The summed E-state index contributed by atoms with van der Waals surface area (Å²) in [4.78, 5) is 13.8. The van der Waals surface area contributed by atoms with E-state index in [0.717, 1.165) is 11.9 Å². The van der Waals surface area contributed by atoms with Crippen LogP contribution in [0, 0.1) is 0 Å². The fourth-order valence-electron chi connectivity index (χ4n) is 0.337. The Morgan fingerprint density at radius 3 is 3.00 bits per heavy atom. The molecule has 0 saturated carbocycles. The first-order chi connectivity index (χ1) is 4.29. The largest absolute Gasteiger partial charge is 0.359 e. The van der Waals surface area contributed by atoms with Gasteiger partial charge in [-0.2, -0.15) is 4.09 Å². The fraction of sp³-hybridized carbons (Fsp3) is 0. The second-order valence-electron chi connectivity index (χ2n) is 1.21. The molecule has 0 aliphatic heterocycles. The van der Waals surface area contributed by atoms with Crippen LogP contribution in [0.15, 0.2) is 12.7 Å². The topological polar surface area (TPSA) is 73.8 Å². The first-order valence-electron chi connectivity index (χ1n) is 2.11. The van der Waals surface area contributed by atoms with Gasteiger partial charge in [0.25, 0.3) is 5.24 Å². The molecule has 0 unspecified atom stereocenters. The second-order valence-corrected chi connectivity index (χ2v) is 2.17. The molecule has 1 rings (SSSR count). The molecule has 1 amide bonds. The van der Waals surface area contributed by atoms with Crippen molar-refractivity contribution in [2.45, 2.75) is 0 Å². The molecule has 6 heteroatoms. The minimum Gasteiger partial charge on any atom is -0.359 e. The monoisotopic (exact) mass is 144 g/mol. The summed E-state index contributed by atoms with van der Waals surface area (Å²) in [6, 6.07) is 0. The summed E-state index contributed by atoms with van der Waals surface area (Å²) in [7, 11) is 0. The number of primary amides is 1. The van der Waals surface area contributed by atoms with Crippen LogP contribution in [0.3, 0.4) is 0 Å². The van der Waals surface area contributed by atoms with Gasteiger partial charge in [-0.3, -0.25) is 4.79 Å². The van der Waals surface area contributed by atoms with Crippen LogP contribution in [-0.2, 0) is 0 Å². The zero-order valence-electron chi connectivity index (χ0n) is 4.39. The van der Waals surface area contributed by atoms with Crippen molar-refractivity contribution in [3.8, 4) is 0 Å². The highest BCUT2D eigenvalue weighted by Crippen LogP contribution is 1.99. The van der Waals surface area contributed by atoms with Crippen LogP contribution >= 0.6 is 11.9 Å². The average Bonchev–Trinajstić information content (AvgIpc) is 2.15. The maximum absolute atomic E-state index is 10.2. The van der Waals surface area contributed by atoms with Crippen molar-refractivity contribution >= 4 is 17.2 Å². The van der Waals surface area contributed by atoms with Crippen molar-refractivity contribution in [1.29, 1.82) is 0 Å². The normalized spacial score (nSPS) is 9.33. The molecule has 0 saturated heterocycles. The van der Waals surface area contributed by atoms with Gasteiger partial charge in [-0.25, -0.2) is 4.98 Å². The molecule has 0 aliphatic rings. The zero-order chi connectivity index (χ0) is 6.69. The Kier molecular flexibility index (Phi) is 1.69. The molecule has 1 aromatic rings. The van der Waals surface area contributed by atoms with E-state index >= 15 is 0 Å². The first kappa shape index (κ1) is 6.09. The van der Waals surface area contributed by atoms with Gasteiger partial charge in [0.2, 0.25) is 0 Å². The third-order valence-corrected chi connectivity index (χ3v) is 1.14. The SMILES string of the molecule is NC(=O)Sn1cncn1. The van der Waals surface area contributed by atoms with E-state index in [9.17, 15) is 4.79 Å². The van der Waals surface area contributed by atoms with Gasteiger partial charge < -0.3 is 5.73 Å². The summed E-state index contributed by atoms with van der Waals surface area (Å²) in [5.41, 5.74) is 4.82. The number of aromatic nitrogens is 3. The van der Waals surface area contributed by atoms with Gasteiger partial charge in [0.15, 0.2) is 0 Å². The van der Waals surface area contributed by atoms with Crippen LogP contribution in [0.5, 0.6) is 0 Å². The van der Waals surface area contributed by atoms with E-state index in [4.69, 9.17) is 5.73 Å². The van der Waals surface area contributed by atoms with Crippen molar-refractivity contribution < 1.29 is 4.79 Å². The number of nitrogens with zero attached hydrogens (tertiary/aromatic N) is 3. The van der Waals surface area contributed by atoms with Crippen LogP contribution in [0.2, 0.25) is 0 Å². The summed E-state index contributed by atoms with van der Waals surface area (Å²) >= 11 is 0.787. The molecular weight excluding hydrogens is 140 g/mol. The standard InChI is InChI=1S/C3H4N4OS/c4-3(8)9-7-2-5-1-6-7/h1-2H,(H2,4,8).